The van der Waals surface area contributed by atoms with Gasteiger partial charge in [-0.25, -0.2) is 4.68 Å². The molecule has 22 heavy (non-hydrogen) atoms. The van der Waals surface area contributed by atoms with Gasteiger partial charge in [-0.15, -0.1) is 10.2 Å². The first-order valence-electron chi connectivity index (χ1n) is 7.42. The Morgan fingerprint density at radius 3 is 2.64 bits per heavy atom. The van der Waals surface area contributed by atoms with Gasteiger partial charge < -0.3 is 5.84 Å². The zero-order chi connectivity index (χ0) is 15.5. The predicted molar refractivity (Wildman–Crippen MR) is 92.0 cm³/mol. The third-order valence-electron chi connectivity index (χ3n) is 4.01. The van der Waals surface area contributed by atoms with Crippen LogP contribution in [0.4, 0.5) is 0 Å². The maximum Gasteiger partial charge on any atom is 0.210 e. The standard InChI is InChI=1S/C15H18Cl2N4S/c16-12-7-6-10(8-13(12)17)9-22-15-20-19-14(21(15)18)11-4-2-1-3-5-11/h6-8,11H,1-5,9,18H2. The molecule has 118 valence electrons. The van der Waals surface area contributed by atoms with Crippen molar-refractivity contribution in [1.29, 1.82) is 0 Å². The van der Waals surface area contributed by atoms with Gasteiger partial charge in [-0.1, -0.05) is 60.3 Å². The zero-order valence-electron chi connectivity index (χ0n) is 12.1. The Bertz CT molecular complexity index is 653. The highest BCUT2D eigenvalue weighted by molar-refractivity contribution is 7.98. The molecule has 0 atom stereocenters. The van der Waals surface area contributed by atoms with Crippen LogP contribution in [0, 0.1) is 0 Å². The van der Waals surface area contributed by atoms with Gasteiger partial charge in [0, 0.05) is 11.7 Å². The Hall–Kier alpha value is -0.910. The SMILES string of the molecule is Nn1c(SCc2ccc(Cl)c(Cl)c2)nnc1C1CCCCC1. The fourth-order valence-electron chi connectivity index (χ4n) is 2.80. The molecule has 1 aromatic carbocycles. The fraction of sp³-hybridized carbons (Fsp3) is 0.467. The number of hydrogen-bond acceptors (Lipinski definition) is 4. The highest BCUT2D eigenvalue weighted by Crippen LogP contribution is 2.33. The van der Waals surface area contributed by atoms with Crippen LogP contribution in [0.5, 0.6) is 0 Å². The Balaban J connectivity index is 1.67. The molecule has 2 N–H and O–H groups in total. The first kappa shape index (κ1) is 16.0. The molecule has 2 aromatic rings. The van der Waals surface area contributed by atoms with Crippen molar-refractivity contribution in [2.24, 2.45) is 0 Å². The van der Waals surface area contributed by atoms with Crippen molar-refractivity contribution in [1.82, 2.24) is 14.9 Å². The third kappa shape index (κ3) is 3.53. The molecule has 1 heterocycles. The molecule has 4 nitrogen and oxygen atoms in total. The number of rotatable bonds is 4. The molecule has 3 rings (SSSR count). The summed E-state index contributed by atoms with van der Waals surface area (Å²) in [4.78, 5) is 0. The monoisotopic (exact) mass is 356 g/mol. The normalized spacial score (nSPS) is 16.1. The van der Waals surface area contributed by atoms with Crippen molar-refractivity contribution in [2.75, 3.05) is 5.84 Å². The van der Waals surface area contributed by atoms with Gasteiger partial charge in [0.2, 0.25) is 5.16 Å². The van der Waals surface area contributed by atoms with Gasteiger partial charge in [-0.3, -0.25) is 0 Å². The lowest BCUT2D eigenvalue weighted by molar-refractivity contribution is 0.421. The number of halogens is 2. The van der Waals surface area contributed by atoms with E-state index < -0.39 is 0 Å². The summed E-state index contributed by atoms with van der Waals surface area (Å²) < 4.78 is 1.65. The number of hydrogen-bond donors (Lipinski definition) is 1. The van der Waals surface area contributed by atoms with Crippen LogP contribution in [0.1, 0.15) is 49.4 Å². The van der Waals surface area contributed by atoms with Crippen LogP contribution < -0.4 is 5.84 Å². The summed E-state index contributed by atoms with van der Waals surface area (Å²) in [5, 5.41) is 10.4. The molecule has 0 saturated heterocycles. The van der Waals surface area contributed by atoms with Crippen LogP contribution in [0.15, 0.2) is 23.4 Å². The molecule has 7 heteroatoms. The predicted octanol–water partition coefficient (Wildman–Crippen LogP) is 4.64. The quantitative estimate of drug-likeness (QED) is 0.640. The van der Waals surface area contributed by atoms with E-state index in [4.69, 9.17) is 29.0 Å². The van der Waals surface area contributed by atoms with Gasteiger partial charge in [0.1, 0.15) is 0 Å². The fourth-order valence-corrected chi connectivity index (χ4v) is 3.93. The molecule has 0 amide bonds. The molecule has 1 fully saturated rings. The van der Waals surface area contributed by atoms with Gasteiger partial charge in [0.05, 0.1) is 10.0 Å². The maximum absolute atomic E-state index is 6.18. The van der Waals surface area contributed by atoms with Crippen LogP contribution in [-0.4, -0.2) is 14.9 Å². The van der Waals surface area contributed by atoms with Gasteiger partial charge in [-0.05, 0) is 30.5 Å². The molecule has 0 aliphatic heterocycles. The lowest BCUT2D eigenvalue weighted by atomic mass is 9.89. The van der Waals surface area contributed by atoms with Crippen LogP contribution in [0.2, 0.25) is 10.0 Å². The second-order valence-electron chi connectivity index (χ2n) is 5.58. The molecule has 0 bridgehead atoms. The number of thioether (sulfide) groups is 1. The van der Waals surface area contributed by atoms with E-state index in [1.54, 1.807) is 22.5 Å². The molecule has 0 radical (unpaired) electrons. The van der Waals surface area contributed by atoms with E-state index in [0.717, 1.165) is 35.1 Å². The van der Waals surface area contributed by atoms with Crippen LogP contribution in [0.3, 0.4) is 0 Å². The highest BCUT2D eigenvalue weighted by Gasteiger charge is 2.22. The second-order valence-corrected chi connectivity index (χ2v) is 7.34. The summed E-state index contributed by atoms with van der Waals surface area (Å²) in [7, 11) is 0. The average Bonchev–Trinajstić information content (AvgIpc) is 2.90. The van der Waals surface area contributed by atoms with E-state index in [0.29, 0.717) is 16.0 Å². The summed E-state index contributed by atoms with van der Waals surface area (Å²) in [5.41, 5.74) is 1.08. The van der Waals surface area contributed by atoms with E-state index in [1.807, 2.05) is 12.1 Å². The number of benzene rings is 1. The van der Waals surface area contributed by atoms with Gasteiger partial charge >= 0.3 is 0 Å². The van der Waals surface area contributed by atoms with Gasteiger partial charge in [0.15, 0.2) is 5.82 Å². The Kier molecular flexibility index (Phi) is 5.16. The van der Waals surface area contributed by atoms with Crippen molar-refractivity contribution in [3.63, 3.8) is 0 Å². The second kappa shape index (κ2) is 7.11. The summed E-state index contributed by atoms with van der Waals surface area (Å²) in [5.74, 6) is 8.27. The average molecular weight is 357 g/mol. The van der Waals surface area contributed by atoms with Crippen molar-refractivity contribution < 1.29 is 0 Å². The number of nitrogen functional groups attached to an aromatic ring is 1. The largest absolute Gasteiger partial charge is 0.336 e. The molecule has 1 aliphatic rings. The molecule has 1 saturated carbocycles. The lowest BCUT2D eigenvalue weighted by Gasteiger charge is -2.20. The topological polar surface area (TPSA) is 56.7 Å². The van der Waals surface area contributed by atoms with Crippen molar-refractivity contribution in [3.8, 4) is 0 Å². The van der Waals surface area contributed by atoms with E-state index in [1.165, 1.54) is 19.3 Å². The van der Waals surface area contributed by atoms with E-state index >= 15 is 0 Å². The smallest absolute Gasteiger partial charge is 0.210 e. The third-order valence-corrected chi connectivity index (χ3v) is 5.77. The molecule has 0 unspecified atom stereocenters. The minimum Gasteiger partial charge on any atom is -0.336 e. The summed E-state index contributed by atoms with van der Waals surface area (Å²) in [6.07, 6.45) is 6.14. The highest BCUT2D eigenvalue weighted by atomic mass is 35.5. The minimum atomic E-state index is 0.450. The van der Waals surface area contributed by atoms with E-state index in [-0.39, 0.29) is 0 Å². The lowest BCUT2D eigenvalue weighted by Crippen LogP contribution is -2.18. The number of nitrogens with two attached hydrogens (primary N) is 1. The molecular weight excluding hydrogens is 339 g/mol. The van der Waals surface area contributed by atoms with Crippen LogP contribution >= 0.6 is 35.0 Å². The first-order valence-corrected chi connectivity index (χ1v) is 9.16. The van der Waals surface area contributed by atoms with Crippen LogP contribution in [-0.2, 0) is 5.75 Å². The van der Waals surface area contributed by atoms with E-state index in [9.17, 15) is 0 Å². The first-order chi connectivity index (χ1) is 10.6. The summed E-state index contributed by atoms with van der Waals surface area (Å²) in [6, 6.07) is 5.64. The van der Waals surface area contributed by atoms with E-state index in [2.05, 4.69) is 10.2 Å². The Labute approximate surface area is 144 Å². The maximum atomic E-state index is 6.18. The minimum absolute atomic E-state index is 0.450. The van der Waals surface area contributed by atoms with Gasteiger partial charge in [-0.2, -0.15) is 0 Å². The Morgan fingerprint density at radius 2 is 1.91 bits per heavy atom. The number of aromatic nitrogens is 3. The van der Waals surface area contributed by atoms with Crippen molar-refractivity contribution >= 4 is 35.0 Å². The Morgan fingerprint density at radius 1 is 1.14 bits per heavy atom. The van der Waals surface area contributed by atoms with Crippen molar-refractivity contribution in [3.05, 3.63) is 39.6 Å². The van der Waals surface area contributed by atoms with Crippen molar-refractivity contribution in [2.45, 2.75) is 48.9 Å². The zero-order valence-corrected chi connectivity index (χ0v) is 14.5. The summed E-state index contributed by atoms with van der Waals surface area (Å²) >= 11 is 13.5. The van der Waals surface area contributed by atoms with Gasteiger partial charge in [0.25, 0.3) is 0 Å². The molecule has 1 aliphatic carbocycles. The summed E-state index contributed by atoms with van der Waals surface area (Å²) in [6.45, 7) is 0. The molecular formula is C15H18Cl2N4S. The van der Waals surface area contributed by atoms with Crippen LogP contribution in [0.25, 0.3) is 0 Å². The molecule has 0 spiro atoms. The molecule has 1 aromatic heterocycles. The number of nitrogens with zero attached hydrogens (tertiary/aromatic N) is 3.